The second-order valence-corrected chi connectivity index (χ2v) is 11.3. The maximum absolute atomic E-state index is 12.7. The van der Waals surface area contributed by atoms with E-state index in [-0.39, 0.29) is 48.9 Å². The summed E-state index contributed by atoms with van der Waals surface area (Å²) in [5.41, 5.74) is -0.142. The van der Waals surface area contributed by atoms with Crippen LogP contribution in [0.15, 0.2) is 0 Å². The molecule has 0 aromatic heterocycles. The summed E-state index contributed by atoms with van der Waals surface area (Å²) in [5.74, 6) is -0.854. The van der Waals surface area contributed by atoms with Gasteiger partial charge in [-0.1, -0.05) is 0 Å². The van der Waals surface area contributed by atoms with Gasteiger partial charge in [0.05, 0.1) is 6.54 Å². The van der Waals surface area contributed by atoms with Crippen LogP contribution in [0.2, 0.25) is 0 Å². The number of hydrogen-bond donors (Lipinski definition) is 1. The monoisotopic (exact) mass is 507 g/mol. The van der Waals surface area contributed by atoms with E-state index in [1.165, 1.54) is 4.90 Å². The van der Waals surface area contributed by atoms with Crippen molar-refractivity contribution in [3.63, 3.8) is 0 Å². The molecule has 4 aliphatic heterocycles. The molecule has 4 heterocycles. The van der Waals surface area contributed by atoms with Gasteiger partial charge in [-0.2, -0.15) is 0 Å². The molecule has 5 atom stereocenters. The molecule has 11 heteroatoms. The van der Waals surface area contributed by atoms with E-state index in [1.807, 2.05) is 13.8 Å². The molecule has 0 bridgehead atoms. The van der Waals surface area contributed by atoms with E-state index < -0.39 is 18.2 Å². The highest BCUT2D eigenvalue weighted by atomic mass is 16.8. The lowest BCUT2D eigenvalue weighted by Gasteiger charge is -2.41. The van der Waals surface area contributed by atoms with Crippen molar-refractivity contribution >= 4 is 11.8 Å². The molecule has 0 aliphatic carbocycles. The van der Waals surface area contributed by atoms with Crippen LogP contribution in [0.1, 0.15) is 46.5 Å². The molecule has 4 aliphatic rings. The Bertz CT molecular complexity index is 852. The summed E-state index contributed by atoms with van der Waals surface area (Å²) in [6.07, 6.45) is 1.57. The maximum atomic E-state index is 12.7. The molecule has 0 unspecified atom stereocenters. The third-order valence-corrected chi connectivity index (χ3v) is 7.74. The lowest BCUT2D eigenvalue weighted by molar-refractivity contribution is -0.220. The van der Waals surface area contributed by atoms with Crippen LogP contribution in [0.4, 0.5) is 0 Å². The molecule has 0 aromatic rings. The molecule has 2 amide bonds. The molecular formula is C25H41N5O6. The smallest absolute Gasteiger partial charge is 0.300 e. The van der Waals surface area contributed by atoms with Gasteiger partial charge in [0, 0.05) is 39.1 Å². The molecule has 0 saturated carbocycles. The van der Waals surface area contributed by atoms with Gasteiger partial charge in [-0.05, 0) is 53.1 Å². The fraction of sp³-hybridized carbons (Fsp3) is 0.880. The Morgan fingerprint density at radius 2 is 1.89 bits per heavy atom. The predicted molar refractivity (Wildman–Crippen MR) is 131 cm³/mol. The number of fused-ring (bicyclic) bond motifs is 1. The van der Waals surface area contributed by atoms with E-state index in [2.05, 4.69) is 22.0 Å². The lowest BCUT2D eigenvalue weighted by atomic mass is 9.89. The first-order valence-corrected chi connectivity index (χ1v) is 13.0. The zero-order valence-corrected chi connectivity index (χ0v) is 22.2. The predicted octanol–water partition coefficient (Wildman–Crippen LogP) is 0.648. The summed E-state index contributed by atoms with van der Waals surface area (Å²) < 4.78 is 24.2. The number of rotatable bonds is 8. The zero-order valence-electron chi connectivity index (χ0n) is 22.2. The van der Waals surface area contributed by atoms with Crippen LogP contribution in [0.5, 0.6) is 0 Å². The zero-order chi connectivity index (χ0) is 26.1. The van der Waals surface area contributed by atoms with Crippen LogP contribution in [-0.2, 0) is 28.5 Å². The van der Waals surface area contributed by atoms with Crippen molar-refractivity contribution in [2.75, 3.05) is 53.4 Å². The van der Waals surface area contributed by atoms with Gasteiger partial charge in [-0.25, -0.2) is 6.57 Å². The van der Waals surface area contributed by atoms with Crippen LogP contribution < -0.4 is 5.32 Å². The van der Waals surface area contributed by atoms with E-state index in [9.17, 15) is 9.59 Å². The highest BCUT2D eigenvalue weighted by Gasteiger charge is 2.55. The topological polar surface area (TPSA) is 97.2 Å². The highest BCUT2D eigenvalue weighted by molar-refractivity contribution is 5.79. The number of amides is 2. The average Bonchev–Trinajstić information content (AvgIpc) is 3.50. The van der Waals surface area contributed by atoms with Crippen LogP contribution in [-0.4, -0.2) is 122 Å². The van der Waals surface area contributed by atoms with Crippen LogP contribution in [0.3, 0.4) is 0 Å². The first kappa shape index (κ1) is 27.2. The standard InChI is InChI=1S/C25H41N5O6/c1-24(2)35-22-21(33-16-20(32)28(5)6)17(34-23(22)36-24)15-29-12-9-25(3,10-13-29)27-14-19(31)30-11-7-8-18(30)26-4/h17-18,21-23,27H,7-16H2,1-3,5-6H3/t17-,18+,21+,22-,23-/m1/s1. The molecule has 0 radical (unpaired) electrons. The molecule has 4 fully saturated rings. The highest BCUT2D eigenvalue weighted by Crippen LogP contribution is 2.39. The second kappa shape index (κ2) is 10.9. The fourth-order valence-corrected chi connectivity index (χ4v) is 5.42. The third kappa shape index (κ3) is 6.18. The van der Waals surface area contributed by atoms with Crippen LogP contribution >= 0.6 is 0 Å². The van der Waals surface area contributed by atoms with E-state index in [4.69, 9.17) is 25.5 Å². The number of carbonyl (C=O) groups excluding carboxylic acids is 2. The fourth-order valence-electron chi connectivity index (χ4n) is 5.42. The van der Waals surface area contributed by atoms with Crippen molar-refractivity contribution in [2.24, 2.45) is 0 Å². The summed E-state index contributed by atoms with van der Waals surface area (Å²) >= 11 is 0. The Hall–Kier alpha value is -1.81. The Labute approximate surface area is 214 Å². The van der Waals surface area contributed by atoms with Gasteiger partial charge in [0.2, 0.25) is 11.8 Å². The first-order valence-electron chi connectivity index (χ1n) is 13.0. The van der Waals surface area contributed by atoms with Gasteiger partial charge in [0.15, 0.2) is 12.1 Å². The largest absolute Gasteiger partial charge is 0.363 e. The normalized spacial score (nSPS) is 33.3. The van der Waals surface area contributed by atoms with Crippen molar-refractivity contribution in [2.45, 2.75) is 88.5 Å². The third-order valence-electron chi connectivity index (χ3n) is 7.74. The Kier molecular flexibility index (Phi) is 8.24. The molecule has 11 nitrogen and oxygen atoms in total. The molecule has 202 valence electrons. The number of piperidine rings is 1. The molecule has 0 spiro atoms. The minimum Gasteiger partial charge on any atom is -0.363 e. The van der Waals surface area contributed by atoms with E-state index in [0.29, 0.717) is 13.1 Å². The summed E-state index contributed by atoms with van der Waals surface area (Å²) in [6.45, 7) is 16.4. The molecule has 0 aromatic carbocycles. The number of likely N-dealkylation sites (N-methyl/N-ethyl adjacent to an activating group) is 1. The van der Waals surface area contributed by atoms with Crippen molar-refractivity contribution in [3.05, 3.63) is 11.4 Å². The summed E-state index contributed by atoms with van der Waals surface area (Å²) in [4.78, 5) is 33.9. The molecule has 4 saturated heterocycles. The molecule has 4 rings (SSSR count). The Morgan fingerprint density at radius 3 is 2.56 bits per heavy atom. The van der Waals surface area contributed by atoms with Gasteiger partial charge < -0.3 is 34.1 Å². The minimum atomic E-state index is -0.757. The van der Waals surface area contributed by atoms with Crippen molar-refractivity contribution in [3.8, 4) is 0 Å². The number of ether oxygens (including phenoxy) is 4. The summed E-state index contributed by atoms with van der Waals surface area (Å²) in [7, 11) is 3.41. The SMILES string of the molecule is [C-]#[N+][C@@H]1CCCN1C(=O)CNC1(C)CCN(C[C@H]2O[C@@H]3OC(C)(C)O[C@@H]3[C@H]2OCC(=O)N(C)C)CC1. The first-order chi connectivity index (χ1) is 17.0. The van der Waals surface area contributed by atoms with E-state index in [1.54, 1.807) is 19.0 Å². The van der Waals surface area contributed by atoms with Gasteiger partial charge >= 0.3 is 6.17 Å². The lowest BCUT2D eigenvalue weighted by Crippen LogP contribution is -2.55. The van der Waals surface area contributed by atoms with Gasteiger partial charge in [0.1, 0.15) is 24.9 Å². The minimum absolute atomic E-state index is 0.0123. The Balaban J connectivity index is 1.28. The molecule has 1 N–H and O–H groups in total. The number of nitrogens with zero attached hydrogens (tertiary/aromatic N) is 4. The molecule has 36 heavy (non-hydrogen) atoms. The average molecular weight is 508 g/mol. The van der Waals surface area contributed by atoms with Crippen LogP contribution in [0, 0.1) is 6.57 Å². The van der Waals surface area contributed by atoms with E-state index >= 15 is 0 Å². The summed E-state index contributed by atoms with van der Waals surface area (Å²) in [5, 5.41) is 3.47. The van der Waals surface area contributed by atoms with Crippen molar-refractivity contribution in [1.29, 1.82) is 0 Å². The molecular weight excluding hydrogens is 466 g/mol. The van der Waals surface area contributed by atoms with Crippen LogP contribution in [0.25, 0.3) is 4.85 Å². The van der Waals surface area contributed by atoms with Crippen molar-refractivity contribution < 1.29 is 28.5 Å². The number of likely N-dealkylation sites (tertiary alicyclic amines) is 2. The number of carbonyl (C=O) groups is 2. The summed E-state index contributed by atoms with van der Waals surface area (Å²) in [6, 6.07) is 0. The quantitative estimate of drug-likeness (QED) is 0.479. The van der Waals surface area contributed by atoms with Gasteiger partial charge in [-0.3, -0.25) is 19.3 Å². The van der Waals surface area contributed by atoms with Crippen molar-refractivity contribution in [1.82, 2.24) is 20.0 Å². The number of nitrogens with one attached hydrogen (secondary N) is 1. The maximum Gasteiger partial charge on any atom is 0.300 e. The Morgan fingerprint density at radius 1 is 1.17 bits per heavy atom. The van der Waals surface area contributed by atoms with Gasteiger partial charge in [-0.15, -0.1) is 0 Å². The van der Waals surface area contributed by atoms with E-state index in [0.717, 1.165) is 38.8 Å². The second-order valence-electron chi connectivity index (χ2n) is 11.3. The number of hydrogen-bond acceptors (Lipinski definition) is 8. The van der Waals surface area contributed by atoms with Gasteiger partial charge in [0.25, 0.3) is 0 Å².